The molecule has 2 aromatic rings. The minimum Gasteiger partial charge on any atom is -0.340 e. The molecule has 2 aliphatic heterocycles. The maximum Gasteiger partial charge on any atom is 0.251 e. The van der Waals surface area contributed by atoms with Gasteiger partial charge in [0.2, 0.25) is 5.91 Å². The summed E-state index contributed by atoms with van der Waals surface area (Å²) < 4.78 is 13.2. The van der Waals surface area contributed by atoms with Gasteiger partial charge >= 0.3 is 0 Å². The number of halogens is 1. The predicted octanol–water partition coefficient (Wildman–Crippen LogP) is 1.58. The van der Waals surface area contributed by atoms with E-state index < -0.39 is 6.04 Å². The van der Waals surface area contributed by atoms with E-state index in [-0.39, 0.29) is 17.6 Å². The van der Waals surface area contributed by atoms with E-state index in [0.717, 1.165) is 43.7 Å². The summed E-state index contributed by atoms with van der Waals surface area (Å²) in [4.78, 5) is 28.2. The van der Waals surface area contributed by atoms with Crippen LogP contribution >= 0.6 is 0 Å². The highest BCUT2D eigenvalue weighted by Crippen LogP contribution is 2.40. The van der Waals surface area contributed by atoms with Gasteiger partial charge in [0.25, 0.3) is 5.91 Å². The first-order valence-corrected chi connectivity index (χ1v) is 12.9. The molecule has 2 amide bonds. The largest absolute Gasteiger partial charge is 0.340 e. The fourth-order valence-electron chi connectivity index (χ4n) is 4.88. The van der Waals surface area contributed by atoms with Gasteiger partial charge in [-0.3, -0.25) is 14.6 Å². The highest BCUT2D eigenvalue weighted by Gasteiger charge is 2.37. The molecule has 37 heavy (non-hydrogen) atoms. The molecular formula is C27H34FN7O2. The summed E-state index contributed by atoms with van der Waals surface area (Å²) in [5, 5.41) is 11.6. The van der Waals surface area contributed by atoms with Crippen LogP contribution in [0.15, 0.2) is 60.9 Å². The van der Waals surface area contributed by atoms with Crippen LogP contribution < -0.4 is 31.9 Å². The van der Waals surface area contributed by atoms with E-state index in [1.54, 1.807) is 23.3 Å². The van der Waals surface area contributed by atoms with Gasteiger partial charge in [-0.2, -0.15) is 0 Å². The topological polar surface area (TPSA) is 101 Å². The Morgan fingerprint density at radius 1 is 1.05 bits per heavy atom. The van der Waals surface area contributed by atoms with E-state index in [0.29, 0.717) is 37.0 Å². The molecule has 196 valence electrons. The Bertz CT molecular complexity index is 1100. The smallest absolute Gasteiger partial charge is 0.251 e. The highest BCUT2D eigenvalue weighted by atomic mass is 19.1. The molecule has 9 nitrogen and oxygen atoms in total. The maximum atomic E-state index is 13.3. The zero-order valence-electron chi connectivity index (χ0n) is 20.8. The first-order chi connectivity index (χ1) is 18.1. The molecule has 2 aromatic carbocycles. The lowest BCUT2D eigenvalue weighted by atomic mass is 10.1. The lowest BCUT2D eigenvalue weighted by Crippen LogP contribution is -2.54. The number of carbonyl (C=O) groups excluding carboxylic acids is 2. The number of hydrogen-bond acceptors (Lipinski definition) is 7. The third kappa shape index (κ3) is 6.46. The van der Waals surface area contributed by atoms with Crippen LogP contribution in [0.5, 0.6) is 0 Å². The molecule has 0 aromatic heterocycles. The number of hydrazine groups is 2. The van der Waals surface area contributed by atoms with Gasteiger partial charge in [-0.05, 0) is 67.8 Å². The second-order valence-electron chi connectivity index (χ2n) is 9.69. The highest BCUT2D eigenvalue weighted by molar-refractivity contribution is 5.97. The van der Waals surface area contributed by atoms with Crippen molar-refractivity contribution in [2.45, 2.75) is 37.3 Å². The van der Waals surface area contributed by atoms with Gasteiger partial charge in [0.1, 0.15) is 11.9 Å². The average molecular weight is 508 g/mol. The summed E-state index contributed by atoms with van der Waals surface area (Å²) in [5.74, 6) is -0.0945. The molecule has 5 rings (SSSR count). The van der Waals surface area contributed by atoms with Crippen molar-refractivity contribution in [3.05, 3.63) is 77.9 Å². The second-order valence-corrected chi connectivity index (χ2v) is 9.69. The number of piperazine rings is 1. The number of hydrogen-bond donors (Lipinski definition) is 5. The van der Waals surface area contributed by atoms with Crippen LogP contribution in [0.3, 0.4) is 0 Å². The zero-order chi connectivity index (χ0) is 25.6. The van der Waals surface area contributed by atoms with E-state index in [9.17, 15) is 14.0 Å². The van der Waals surface area contributed by atoms with E-state index in [1.165, 1.54) is 12.1 Å². The SMILES string of the molecule is O=C(N[C@@H](CCCN[C@@H]1C[C@H]1c1ccc(F)cc1)C(=O)N1CCNCC1)c1ccc(N2C=CNN2)cc1. The van der Waals surface area contributed by atoms with Crippen molar-refractivity contribution in [3.8, 4) is 0 Å². The summed E-state index contributed by atoms with van der Waals surface area (Å²) in [6, 6.07) is 13.7. The molecule has 5 N–H and O–H groups in total. The Balaban J connectivity index is 1.15. The number of carbonyl (C=O) groups is 2. The van der Waals surface area contributed by atoms with Crippen LogP contribution in [0.4, 0.5) is 10.1 Å². The maximum absolute atomic E-state index is 13.3. The first kappa shape index (κ1) is 25.2. The third-order valence-electron chi connectivity index (χ3n) is 7.10. The van der Waals surface area contributed by atoms with E-state index in [4.69, 9.17) is 0 Å². The minimum atomic E-state index is -0.577. The Morgan fingerprint density at radius 3 is 2.51 bits per heavy atom. The fourth-order valence-corrected chi connectivity index (χ4v) is 4.88. The number of nitrogens with zero attached hydrogens (tertiary/aromatic N) is 2. The normalized spacial score (nSPS) is 21.4. The molecule has 2 heterocycles. The van der Waals surface area contributed by atoms with Gasteiger partial charge < -0.3 is 26.3 Å². The minimum absolute atomic E-state index is 0.0282. The average Bonchev–Trinajstić information content (AvgIpc) is 3.49. The van der Waals surface area contributed by atoms with Crippen LogP contribution in [0, 0.1) is 5.82 Å². The number of anilines is 1. The third-order valence-corrected chi connectivity index (χ3v) is 7.10. The molecule has 1 aliphatic carbocycles. The predicted molar refractivity (Wildman–Crippen MR) is 140 cm³/mol. The quantitative estimate of drug-likeness (QED) is 0.312. The monoisotopic (exact) mass is 507 g/mol. The molecule has 3 aliphatic rings. The Labute approximate surface area is 216 Å². The number of amides is 2. The van der Waals surface area contributed by atoms with Gasteiger partial charge in [0.05, 0.1) is 5.69 Å². The molecule has 0 spiro atoms. The van der Waals surface area contributed by atoms with E-state index in [2.05, 4.69) is 26.9 Å². The van der Waals surface area contributed by atoms with Crippen molar-refractivity contribution < 1.29 is 14.0 Å². The van der Waals surface area contributed by atoms with Crippen molar-refractivity contribution in [3.63, 3.8) is 0 Å². The number of benzene rings is 2. The molecule has 0 unspecified atom stereocenters. The molecule has 3 atom stereocenters. The van der Waals surface area contributed by atoms with Crippen molar-refractivity contribution in [2.24, 2.45) is 0 Å². The van der Waals surface area contributed by atoms with Crippen LogP contribution in [0.25, 0.3) is 0 Å². The van der Waals surface area contributed by atoms with E-state index in [1.807, 2.05) is 35.4 Å². The zero-order valence-corrected chi connectivity index (χ0v) is 20.8. The summed E-state index contributed by atoms with van der Waals surface area (Å²) in [7, 11) is 0. The summed E-state index contributed by atoms with van der Waals surface area (Å²) in [5.41, 5.74) is 8.38. The van der Waals surface area contributed by atoms with Crippen molar-refractivity contribution in [1.82, 2.24) is 31.8 Å². The standard InChI is InChI=1S/C27H34FN7O2/c28-21-7-3-19(4-8-21)23-18-25(23)30-11-1-2-24(27(37)34-15-12-29-13-16-34)32-26(36)20-5-9-22(10-6-20)35-17-14-31-33-35/h3-10,14,17,23-25,29-31,33H,1-2,11-13,15-16,18H2,(H,32,36)/t23-,24-,25+/m0/s1. The van der Waals surface area contributed by atoms with Crippen molar-refractivity contribution in [2.75, 3.05) is 37.7 Å². The summed E-state index contributed by atoms with van der Waals surface area (Å²) in [6.45, 7) is 3.56. The summed E-state index contributed by atoms with van der Waals surface area (Å²) in [6.07, 6.45) is 5.96. The van der Waals surface area contributed by atoms with Crippen LogP contribution in [0.2, 0.25) is 0 Å². The molecular weight excluding hydrogens is 473 g/mol. The van der Waals surface area contributed by atoms with Gasteiger partial charge in [-0.1, -0.05) is 12.1 Å². The van der Waals surface area contributed by atoms with Crippen LogP contribution in [-0.4, -0.2) is 61.5 Å². The second kappa shape index (κ2) is 11.7. The Morgan fingerprint density at radius 2 is 1.81 bits per heavy atom. The fraction of sp³-hybridized carbons (Fsp3) is 0.407. The van der Waals surface area contributed by atoms with Crippen LogP contribution in [-0.2, 0) is 4.79 Å². The van der Waals surface area contributed by atoms with Crippen molar-refractivity contribution in [1.29, 1.82) is 0 Å². The van der Waals surface area contributed by atoms with Gasteiger partial charge in [0, 0.05) is 56.1 Å². The molecule has 2 fully saturated rings. The van der Waals surface area contributed by atoms with Gasteiger partial charge in [-0.25, -0.2) is 4.39 Å². The Hall–Kier alpha value is -3.47. The lowest BCUT2D eigenvalue weighted by Gasteiger charge is -2.31. The molecule has 10 heteroatoms. The molecule has 1 saturated carbocycles. The van der Waals surface area contributed by atoms with Crippen molar-refractivity contribution >= 4 is 17.5 Å². The molecule has 1 saturated heterocycles. The van der Waals surface area contributed by atoms with E-state index >= 15 is 0 Å². The summed E-state index contributed by atoms with van der Waals surface area (Å²) >= 11 is 0. The molecule has 0 bridgehead atoms. The first-order valence-electron chi connectivity index (χ1n) is 12.9. The number of rotatable bonds is 10. The lowest BCUT2D eigenvalue weighted by molar-refractivity contribution is -0.134. The number of nitrogens with one attached hydrogen (secondary N) is 5. The van der Waals surface area contributed by atoms with Crippen LogP contribution in [0.1, 0.15) is 41.1 Å². The molecule has 0 radical (unpaired) electrons. The van der Waals surface area contributed by atoms with Gasteiger partial charge in [0.15, 0.2) is 0 Å². The van der Waals surface area contributed by atoms with Gasteiger partial charge in [-0.15, -0.1) is 5.53 Å². The Kier molecular flexibility index (Phi) is 7.98.